The van der Waals surface area contributed by atoms with Gasteiger partial charge in [0, 0.05) is 17.6 Å². The van der Waals surface area contributed by atoms with Crippen LogP contribution >= 0.6 is 0 Å². The summed E-state index contributed by atoms with van der Waals surface area (Å²) >= 11 is 0. The first-order chi connectivity index (χ1) is 7.20. The van der Waals surface area contributed by atoms with E-state index in [9.17, 15) is 9.59 Å². The Kier molecular flexibility index (Phi) is 4.53. The van der Waals surface area contributed by atoms with Gasteiger partial charge in [-0.1, -0.05) is 19.8 Å². The Morgan fingerprint density at radius 3 is 2.67 bits per heavy atom. The van der Waals surface area contributed by atoms with Gasteiger partial charge in [-0.25, -0.2) is 4.79 Å². The summed E-state index contributed by atoms with van der Waals surface area (Å²) in [5, 5.41) is 0. The van der Waals surface area contributed by atoms with Gasteiger partial charge in [0.25, 0.3) is 0 Å². The molecule has 0 heterocycles. The second-order valence-corrected chi connectivity index (χ2v) is 3.83. The molecule has 1 aliphatic carbocycles. The Balaban J connectivity index is 2.68. The van der Waals surface area contributed by atoms with Crippen molar-refractivity contribution in [1.82, 2.24) is 0 Å². The van der Waals surface area contributed by atoms with Crippen molar-refractivity contribution in [2.45, 2.75) is 45.4 Å². The number of carbonyl (C=O) groups excluding carboxylic acids is 2. The van der Waals surface area contributed by atoms with Crippen molar-refractivity contribution in [3.63, 3.8) is 0 Å². The van der Waals surface area contributed by atoms with Crippen molar-refractivity contribution in [2.24, 2.45) is 0 Å². The van der Waals surface area contributed by atoms with Crippen LogP contribution in [0.4, 0.5) is 0 Å². The highest BCUT2D eigenvalue weighted by molar-refractivity contribution is 6.07. The molecule has 0 aliphatic heterocycles. The van der Waals surface area contributed by atoms with Crippen LogP contribution in [0.5, 0.6) is 0 Å². The summed E-state index contributed by atoms with van der Waals surface area (Å²) in [4.78, 5) is 22.9. The van der Waals surface area contributed by atoms with Gasteiger partial charge in [0.15, 0.2) is 5.78 Å². The van der Waals surface area contributed by atoms with Gasteiger partial charge in [0.2, 0.25) is 0 Å². The van der Waals surface area contributed by atoms with Crippen LogP contribution in [0.25, 0.3) is 0 Å². The van der Waals surface area contributed by atoms with E-state index in [0.29, 0.717) is 18.4 Å². The van der Waals surface area contributed by atoms with Crippen molar-refractivity contribution in [3.05, 3.63) is 11.1 Å². The standard InChI is InChI=1S/C12H18O3/c1-3-4-5-6-9-10(12(14)15-2)7-8-11(9)13/h3-8H2,1-2H3. The molecule has 0 bridgehead atoms. The number of carbonyl (C=O) groups is 2. The van der Waals surface area contributed by atoms with Gasteiger partial charge in [-0.15, -0.1) is 0 Å². The molecule has 0 saturated heterocycles. The zero-order valence-electron chi connectivity index (χ0n) is 9.47. The summed E-state index contributed by atoms with van der Waals surface area (Å²) in [6.45, 7) is 2.12. The van der Waals surface area contributed by atoms with E-state index in [0.717, 1.165) is 31.3 Å². The number of unbranched alkanes of at least 4 members (excludes halogenated alkanes) is 2. The van der Waals surface area contributed by atoms with Gasteiger partial charge in [-0.2, -0.15) is 0 Å². The maximum atomic E-state index is 11.5. The second-order valence-electron chi connectivity index (χ2n) is 3.83. The molecular weight excluding hydrogens is 192 g/mol. The first-order valence-electron chi connectivity index (χ1n) is 5.54. The minimum atomic E-state index is -0.327. The zero-order chi connectivity index (χ0) is 11.3. The van der Waals surface area contributed by atoms with Gasteiger partial charge in [-0.05, 0) is 19.3 Å². The van der Waals surface area contributed by atoms with Crippen LogP contribution in [-0.4, -0.2) is 18.9 Å². The predicted molar refractivity (Wildman–Crippen MR) is 57.4 cm³/mol. The molecule has 0 radical (unpaired) electrons. The molecule has 1 rings (SSSR count). The molecule has 0 spiro atoms. The molecule has 0 unspecified atom stereocenters. The first kappa shape index (κ1) is 12.0. The smallest absolute Gasteiger partial charge is 0.334 e. The summed E-state index contributed by atoms with van der Waals surface area (Å²) in [7, 11) is 1.36. The second kappa shape index (κ2) is 5.69. The highest BCUT2D eigenvalue weighted by Gasteiger charge is 2.27. The number of hydrogen-bond acceptors (Lipinski definition) is 3. The Bertz CT molecular complexity index is 289. The topological polar surface area (TPSA) is 43.4 Å². The van der Waals surface area contributed by atoms with E-state index in [4.69, 9.17) is 0 Å². The van der Waals surface area contributed by atoms with Gasteiger partial charge in [-0.3, -0.25) is 4.79 Å². The number of hydrogen-bond donors (Lipinski definition) is 0. The highest BCUT2D eigenvalue weighted by Crippen LogP contribution is 2.27. The largest absolute Gasteiger partial charge is 0.466 e. The van der Waals surface area contributed by atoms with Gasteiger partial charge < -0.3 is 4.74 Å². The molecule has 0 fully saturated rings. The zero-order valence-corrected chi connectivity index (χ0v) is 9.47. The van der Waals surface area contributed by atoms with Crippen LogP contribution in [0.3, 0.4) is 0 Å². The fourth-order valence-electron chi connectivity index (χ4n) is 1.90. The number of Topliss-reactive ketones (excluding diaryl/α,β-unsaturated/α-hetero) is 1. The van der Waals surface area contributed by atoms with E-state index in [1.807, 2.05) is 0 Å². The Morgan fingerprint density at radius 1 is 1.33 bits per heavy atom. The summed E-state index contributed by atoms with van der Waals surface area (Å²) in [5.74, 6) is -0.196. The third-order valence-electron chi connectivity index (χ3n) is 2.77. The molecule has 0 amide bonds. The lowest BCUT2D eigenvalue weighted by Crippen LogP contribution is -2.06. The average molecular weight is 210 g/mol. The number of ether oxygens (including phenoxy) is 1. The van der Waals surface area contributed by atoms with Crippen LogP contribution in [0, 0.1) is 0 Å². The Labute approximate surface area is 90.5 Å². The van der Waals surface area contributed by atoms with Crippen LogP contribution < -0.4 is 0 Å². The van der Waals surface area contributed by atoms with Crippen molar-refractivity contribution < 1.29 is 14.3 Å². The van der Waals surface area contributed by atoms with Crippen molar-refractivity contribution in [3.8, 4) is 0 Å². The van der Waals surface area contributed by atoms with E-state index in [1.165, 1.54) is 7.11 Å². The fourth-order valence-corrected chi connectivity index (χ4v) is 1.90. The number of ketones is 1. The van der Waals surface area contributed by atoms with Crippen molar-refractivity contribution in [1.29, 1.82) is 0 Å². The minimum Gasteiger partial charge on any atom is -0.466 e. The molecule has 0 atom stereocenters. The van der Waals surface area contributed by atoms with Gasteiger partial charge in [0.1, 0.15) is 0 Å². The monoisotopic (exact) mass is 210 g/mol. The van der Waals surface area contributed by atoms with E-state index in [-0.39, 0.29) is 11.8 Å². The lowest BCUT2D eigenvalue weighted by molar-refractivity contribution is -0.136. The Morgan fingerprint density at radius 2 is 2.07 bits per heavy atom. The van der Waals surface area contributed by atoms with Crippen LogP contribution in [-0.2, 0) is 14.3 Å². The molecule has 0 N–H and O–H groups in total. The molecule has 0 aromatic heterocycles. The minimum absolute atomic E-state index is 0.131. The number of rotatable bonds is 5. The van der Waals surface area contributed by atoms with Crippen molar-refractivity contribution in [2.75, 3.05) is 7.11 Å². The van der Waals surface area contributed by atoms with E-state index in [2.05, 4.69) is 11.7 Å². The fraction of sp³-hybridized carbons (Fsp3) is 0.667. The summed E-state index contributed by atoms with van der Waals surface area (Å²) < 4.78 is 4.67. The molecule has 3 heteroatoms. The summed E-state index contributed by atoms with van der Waals surface area (Å²) in [6, 6.07) is 0. The molecule has 15 heavy (non-hydrogen) atoms. The molecule has 1 aliphatic rings. The molecule has 3 nitrogen and oxygen atoms in total. The quantitative estimate of drug-likeness (QED) is 0.517. The lowest BCUT2D eigenvalue weighted by Gasteiger charge is -2.04. The average Bonchev–Trinajstić information content (AvgIpc) is 2.60. The number of esters is 1. The van der Waals surface area contributed by atoms with Crippen LogP contribution in [0.2, 0.25) is 0 Å². The maximum absolute atomic E-state index is 11.5. The SMILES string of the molecule is CCCCCC1=C(C(=O)OC)CCC1=O. The number of allylic oxidation sites excluding steroid dienone is 1. The molecule has 0 aromatic carbocycles. The first-order valence-corrected chi connectivity index (χ1v) is 5.54. The van der Waals surface area contributed by atoms with Crippen LogP contribution in [0.15, 0.2) is 11.1 Å². The van der Waals surface area contributed by atoms with Crippen molar-refractivity contribution >= 4 is 11.8 Å². The third kappa shape index (κ3) is 2.91. The van der Waals surface area contributed by atoms with E-state index < -0.39 is 0 Å². The van der Waals surface area contributed by atoms with Gasteiger partial charge >= 0.3 is 5.97 Å². The summed E-state index contributed by atoms with van der Waals surface area (Å²) in [6.07, 6.45) is 4.98. The Hall–Kier alpha value is -1.12. The third-order valence-corrected chi connectivity index (χ3v) is 2.77. The van der Waals surface area contributed by atoms with E-state index >= 15 is 0 Å². The molecular formula is C12H18O3. The number of methoxy groups -OCH3 is 1. The normalized spacial score (nSPS) is 16.0. The van der Waals surface area contributed by atoms with Crippen LogP contribution in [0.1, 0.15) is 45.4 Å². The predicted octanol–water partition coefficient (Wildman–Crippen LogP) is 2.40. The molecule has 0 saturated carbocycles. The maximum Gasteiger partial charge on any atom is 0.334 e. The highest BCUT2D eigenvalue weighted by atomic mass is 16.5. The molecule has 84 valence electrons. The van der Waals surface area contributed by atoms with Gasteiger partial charge in [0.05, 0.1) is 7.11 Å². The molecule has 0 aromatic rings. The van der Waals surface area contributed by atoms with E-state index in [1.54, 1.807) is 0 Å². The lowest BCUT2D eigenvalue weighted by atomic mass is 10.0. The summed E-state index contributed by atoms with van der Waals surface area (Å²) in [5.41, 5.74) is 1.33.